The SMILES string of the molecule is CS(=O)(=O)c1cccc(NC(=O)c2cc(C(F)(F)F)nnc2Oc2ccc(F)cc2F)c1. The van der Waals surface area contributed by atoms with E-state index in [9.17, 15) is 35.2 Å². The Kier molecular flexibility index (Phi) is 6.12. The highest BCUT2D eigenvalue weighted by atomic mass is 32.2. The van der Waals surface area contributed by atoms with Crippen LogP contribution in [0.15, 0.2) is 53.4 Å². The van der Waals surface area contributed by atoms with Crippen LogP contribution in [0.1, 0.15) is 16.1 Å². The lowest BCUT2D eigenvalue weighted by atomic mass is 10.2. The Morgan fingerprint density at radius 3 is 2.38 bits per heavy atom. The minimum absolute atomic E-state index is 0.0535. The Morgan fingerprint density at radius 1 is 1.03 bits per heavy atom. The molecule has 168 valence electrons. The largest absolute Gasteiger partial charge is 0.435 e. The number of carbonyl (C=O) groups excluding carboxylic acids is 1. The first-order valence-electron chi connectivity index (χ1n) is 8.54. The number of alkyl halides is 3. The minimum atomic E-state index is -4.96. The van der Waals surface area contributed by atoms with E-state index in [1.165, 1.54) is 18.2 Å². The number of anilines is 1. The molecule has 0 saturated heterocycles. The predicted octanol–water partition coefficient (Wildman–Crippen LogP) is 4.22. The smallest absolute Gasteiger partial charge is 0.434 e. The number of benzene rings is 2. The van der Waals surface area contributed by atoms with Crippen molar-refractivity contribution in [2.24, 2.45) is 0 Å². The topological polar surface area (TPSA) is 98.2 Å². The Hall–Kier alpha value is -3.61. The fraction of sp³-hybridized carbons (Fsp3) is 0.105. The summed E-state index contributed by atoms with van der Waals surface area (Å²) in [6, 6.07) is 7.42. The lowest BCUT2D eigenvalue weighted by molar-refractivity contribution is -0.141. The molecule has 7 nitrogen and oxygen atoms in total. The first-order valence-corrected chi connectivity index (χ1v) is 10.4. The minimum Gasteiger partial charge on any atom is -0.434 e. The molecule has 32 heavy (non-hydrogen) atoms. The van der Waals surface area contributed by atoms with E-state index in [-0.39, 0.29) is 10.6 Å². The first-order chi connectivity index (χ1) is 14.8. The van der Waals surface area contributed by atoms with Crippen LogP contribution >= 0.6 is 0 Å². The van der Waals surface area contributed by atoms with E-state index in [0.29, 0.717) is 12.1 Å². The lowest BCUT2D eigenvalue weighted by Gasteiger charge is -2.13. The number of sulfone groups is 1. The number of nitrogens with one attached hydrogen (secondary N) is 1. The van der Waals surface area contributed by atoms with E-state index in [4.69, 9.17) is 4.74 Å². The fourth-order valence-electron chi connectivity index (χ4n) is 2.42. The van der Waals surface area contributed by atoms with Crippen molar-refractivity contribution in [1.82, 2.24) is 10.2 Å². The van der Waals surface area contributed by atoms with Crippen LogP contribution in [0, 0.1) is 11.6 Å². The normalized spacial score (nSPS) is 11.8. The Bertz CT molecular complexity index is 1300. The highest BCUT2D eigenvalue weighted by Crippen LogP contribution is 2.32. The summed E-state index contributed by atoms with van der Waals surface area (Å²) >= 11 is 0. The van der Waals surface area contributed by atoms with Gasteiger partial charge >= 0.3 is 6.18 Å². The number of rotatable bonds is 5. The zero-order chi connectivity index (χ0) is 23.7. The molecule has 0 saturated carbocycles. The van der Waals surface area contributed by atoms with Crippen LogP contribution in [0.4, 0.5) is 27.6 Å². The molecule has 0 unspecified atom stereocenters. The van der Waals surface area contributed by atoms with Crippen LogP contribution in [-0.4, -0.2) is 30.8 Å². The molecule has 0 radical (unpaired) electrons. The number of amides is 1. The highest BCUT2D eigenvalue weighted by Gasteiger charge is 2.35. The maximum absolute atomic E-state index is 13.9. The second-order valence-electron chi connectivity index (χ2n) is 6.38. The van der Waals surface area contributed by atoms with Crippen LogP contribution < -0.4 is 10.1 Å². The summed E-state index contributed by atoms with van der Waals surface area (Å²) in [6.07, 6.45) is -4.03. The van der Waals surface area contributed by atoms with Crippen molar-refractivity contribution in [2.45, 2.75) is 11.1 Å². The molecule has 3 aromatic rings. The standard InChI is InChI=1S/C19H12F5N3O4S/c1-32(29,30)12-4-2-3-11(8-12)25-17(28)13-9-16(19(22,23)24)26-27-18(13)31-15-6-5-10(20)7-14(15)21/h2-9H,1H3,(H,25,28). The molecule has 0 spiro atoms. The summed E-state index contributed by atoms with van der Waals surface area (Å²) in [7, 11) is -3.63. The summed E-state index contributed by atoms with van der Waals surface area (Å²) in [5.74, 6) is -4.71. The van der Waals surface area contributed by atoms with Gasteiger partial charge in [0.15, 0.2) is 27.1 Å². The van der Waals surface area contributed by atoms with Crippen molar-refractivity contribution < 1.29 is 39.9 Å². The second-order valence-corrected chi connectivity index (χ2v) is 8.39. The third kappa shape index (κ3) is 5.35. The monoisotopic (exact) mass is 473 g/mol. The van der Waals surface area contributed by atoms with Gasteiger partial charge in [-0.25, -0.2) is 17.2 Å². The third-order valence-corrected chi connectivity index (χ3v) is 5.03. The molecule has 1 heterocycles. The van der Waals surface area contributed by atoms with Gasteiger partial charge < -0.3 is 10.1 Å². The van der Waals surface area contributed by atoms with Crippen molar-refractivity contribution in [1.29, 1.82) is 0 Å². The second kappa shape index (κ2) is 8.49. The van der Waals surface area contributed by atoms with Gasteiger partial charge in [0.2, 0.25) is 0 Å². The van der Waals surface area contributed by atoms with E-state index in [1.807, 2.05) is 0 Å². The van der Waals surface area contributed by atoms with Gasteiger partial charge in [-0.2, -0.15) is 13.2 Å². The number of hydrogen-bond donors (Lipinski definition) is 1. The zero-order valence-electron chi connectivity index (χ0n) is 15.9. The molecule has 1 aromatic heterocycles. The van der Waals surface area contributed by atoms with Crippen molar-refractivity contribution in [3.8, 4) is 11.6 Å². The molecule has 0 aliphatic rings. The quantitative estimate of drug-likeness (QED) is 0.558. The molecule has 1 N–H and O–H groups in total. The lowest BCUT2D eigenvalue weighted by Crippen LogP contribution is -2.18. The number of ether oxygens (including phenoxy) is 1. The predicted molar refractivity (Wildman–Crippen MR) is 101 cm³/mol. The van der Waals surface area contributed by atoms with E-state index in [0.717, 1.165) is 24.5 Å². The molecule has 3 rings (SSSR count). The van der Waals surface area contributed by atoms with Crippen LogP contribution in [0.2, 0.25) is 0 Å². The molecule has 13 heteroatoms. The van der Waals surface area contributed by atoms with Gasteiger partial charge in [0.1, 0.15) is 11.4 Å². The van der Waals surface area contributed by atoms with Gasteiger partial charge in [-0.15, -0.1) is 10.2 Å². The van der Waals surface area contributed by atoms with Crippen LogP contribution in [0.5, 0.6) is 11.6 Å². The summed E-state index contributed by atoms with van der Waals surface area (Å²) in [6.45, 7) is 0. The fourth-order valence-corrected chi connectivity index (χ4v) is 3.09. The van der Waals surface area contributed by atoms with Crippen LogP contribution in [0.3, 0.4) is 0 Å². The van der Waals surface area contributed by atoms with E-state index in [2.05, 4.69) is 15.5 Å². The molecule has 0 aliphatic heterocycles. The molecule has 0 aliphatic carbocycles. The number of halogens is 5. The van der Waals surface area contributed by atoms with Gasteiger partial charge in [-0.1, -0.05) is 6.07 Å². The van der Waals surface area contributed by atoms with Gasteiger partial charge in [0, 0.05) is 18.0 Å². The maximum atomic E-state index is 13.9. The molecule has 1 amide bonds. The average molecular weight is 473 g/mol. The van der Waals surface area contributed by atoms with E-state index in [1.54, 1.807) is 0 Å². The van der Waals surface area contributed by atoms with Crippen molar-refractivity contribution in [3.05, 3.63) is 71.4 Å². The van der Waals surface area contributed by atoms with Gasteiger partial charge in [0.05, 0.1) is 4.90 Å². The van der Waals surface area contributed by atoms with Crippen LogP contribution in [-0.2, 0) is 16.0 Å². The highest BCUT2D eigenvalue weighted by molar-refractivity contribution is 7.90. The zero-order valence-corrected chi connectivity index (χ0v) is 16.8. The summed E-state index contributed by atoms with van der Waals surface area (Å²) in [4.78, 5) is 12.5. The Balaban J connectivity index is 2.01. The molecule has 2 aromatic carbocycles. The number of nitrogens with zero attached hydrogens (tertiary/aromatic N) is 2. The molecular formula is C19H12F5N3O4S. The van der Waals surface area contributed by atoms with Gasteiger partial charge in [-0.3, -0.25) is 4.79 Å². The van der Waals surface area contributed by atoms with Crippen molar-refractivity contribution in [3.63, 3.8) is 0 Å². The van der Waals surface area contributed by atoms with E-state index >= 15 is 0 Å². The van der Waals surface area contributed by atoms with Crippen LogP contribution in [0.25, 0.3) is 0 Å². The summed E-state index contributed by atoms with van der Waals surface area (Å²) in [5, 5.41) is 8.38. The molecule has 0 atom stereocenters. The number of aromatic nitrogens is 2. The molecule has 0 bridgehead atoms. The van der Waals surface area contributed by atoms with E-state index < -0.39 is 56.4 Å². The molecule has 0 fully saturated rings. The van der Waals surface area contributed by atoms with Crippen molar-refractivity contribution >= 4 is 21.4 Å². The first kappa shape index (κ1) is 23.1. The third-order valence-electron chi connectivity index (χ3n) is 3.92. The number of carbonyl (C=O) groups is 1. The maximum Gasteiger partial charge on any atom is 0.435 e. The molecular weight excluding hydrogens is 461 g/mol. The summed E-state index contributed by atoms with van der Waals surface area (Å²) < 4.78 is 94.6. The number of hydrogen-bond acceptors (Lipinski definition) is 6. The Labute approximate surface area is 177 Å². The average Bonchev–Trinajstić information content (AvgIpc) is 2.69. The van der Waals surface area contributed by atoms with Crippen molar-refractivity contribution in [2.75, 3.05) is 11.6 Å². The van der Waals surface area contributed by atoms with Gasteiger partial charge in [-0.05, 0) is 36.4 Å². The summed E-state index contributed by atoms with van der Waals surface area (Å²) in [5.41, 5.74) is -2.36. The van der Waals surface area contributed by atoms with Gasteiger partial charge in [0.25, 0.3) is 11.8 Å². The Morgan fingerprint density at radius 2 is 1.75 bits per heavy atom.